The van der Waals surface area contributed by atoms with Gasteiger partial charge in [0, 0.05) is 26.0 Å². The molecule has 4 N–H and O–H groups in total. The number of carboxylic acids is 1. The second-order valence-electron chi connectivity index (χ2n) is 2.76. The van der Waals surface area contributed by atoms with Gasteiger partial charge in [0.05, 0.1) is 0 Å². The molecule has 6 heteroatoms. The van der Waals surface area contributed by atoms with Crippen molar-refractivity contribution in [3.63, 3.8) is 0 Å². The Morgan fingerprint density at radius 3 is 2.60 bits per heavy atom. The Hall–Kier alpha value is -1.74. The van der Waals surface area contributed by atoms with Crippen LogP contribution in [0.4, 0.5) is 4.79 Å². The minimum atomic E-state index is -1.18. The number of hydrogen-bond donors (Lipinski definition) is 4. The number of carboxylic acid groups (broad SMARTS) is 1. The summed E-state index contributed by atoms with van der Waals surface area (Å²) in [7, 11) is 0. The Kier molecular flexibility index (Phi) is 6.76. The summed E-state index contributed by atoms with van der Waals surface area (Å²) in [5.41, 5.74) is 0. The van der Waals surface area contributed by atoms with E-state index in [2.05, 4.69) is 16.6 Å². The maximum Gasteiger partial charge on any atom is 0.326 e. The summed E-state index contributed by atoms with van der Waals surface area (Å²) in [6.45, 7) is -0.0185. The molecule has 0 radical (unpaired) electrons. The summed E-state index contributed by atoms with van der Waals surface area (Å²) >= 11 is 0. The fraction of sp³-hybridized carbons (Fsp3) is 0.556. The largest absolute Gasteiger partial charge is 0.480 e. The SMILES string of the molecule is C#CCCNC(=O)NC(CCO)C(=O)O. The highest BCUT2D eigenvalue weighted by Crippen LogP contribution is 1.90. The summed E-state index contributed by atoms with van der Waals surface area (Å²) < 4.78 is 0. The van der Waals surface area contributed by atoms with Gasteiger partial charge < -0.3 is 20.8 Å². The highest BCUT2D eigenvalue weighted by molar-refractivity contribution is 5.82. The van der Waals surface area contributed by atoms with Gasteiger partial charge in [-0.1, -0.05) is 0 Å². The first-order chi connectivity index (χ1) is 7.11. The predicted molar refractivity (Wildman–Crippen MR) is 53.1 cm³/mol. The van der Waals surface area contributed by atoms with Crippen LogP contribution in [0.1, 0.15) is 12.8 Å². The average molecular weight is 214 g/mol. The maximum absolute atomic E-state index is 11.1. The fourth-order valence-corrected chi connectivity index (χ4v) is 0.844. The molecule has 1 unspecified atom stereocenters. The monoisotopic (exact) mass is 214 g/mol. The molecule has 0 aromatic rings. The lowest BCUT2D eigenvalue weighted by Crippen LogP contribution is -2.46. The molecular formula is C9H14N2O4. The summed E-state index contributed by atoms with van der Waals surface area (Å²) in [4.78, 5) is 21.6. The molecule has 1 atom stereocenters. The molecule has 2 amide bonds. The number of carbonyl (C=O) groups excluding carboxylic acids is 1. The van der Waals surface area contributed by atoms with Gasteiger partial charge in [-0.15, -0.1) is 12.3 Å². The third-order valence-corrected chi connectivity index (χ3v) is 1.58. The lowest BCUT2D eigenvalue weighted by atomic mass is 10.2. The Labute approximate surface area is 87.7 Å². The summed E-state index contributed by atoms with van der Waals surface area (Å²) in [6, 6.07) is -1.69. The van der Waals surface area contributed by atoms with E-state index in [1.807, 2.05) is 0 Å². The van der Waals surface area contributed by atoms with Gasteiger partial charge in [0.2, 0.25) is 0 Å². The molecule has 0 aromatic heterocycles. The van der Waals surface area contributed by atoms with Gasteiger partial charge in [0.15, 0.2) is 0 Å². The van der Waals surface area contributed by atoms with Gasteiger partial charge in [-0.05, 0) is 0 Å². The molecule has 6 nitrogen and oxygen atoms in total. The topological polar surface area (TPSA) is 98.7 Å². The van der Waals surface area contributed by atoms with Gasteiger partial charge in [0.25, 0.3) is 0 Å². The quantitative estimate of drug-likeness (QED) is 0.341. The first kappa shape index (κ1) is 13.3. The zero-order chi connectivity index (χ0) is 11.7. The molecule has 0 heterocycles. The molecule has 0 saturated carbocycles. The van der Waals surface area contributed by atoms with Crippen molar-refractivity contribution in [2.45, 2.75) is 18.9 Å². The van der Waals surface area contributed by atoms with Crippen LogP contribution in [0.15, 0.2) is 0 Å². The van der Waals surface area contributed by atoms with Crippen molar-refractivity contribution in [1.29, 1.82) is 0 Å². The van der Waals surface area contributed by atoms with Crippen LogP contribution in [-0.4, -0.2) is 41.4 Å². The van der Waals surface area contributed by atoms with Crippen molar-refractivity contribution in [2.75, 3.05) is 13.2 Å². The fourth-order valence-electron chi connectivity index (χ4n) is 0.844. The van der Waals surface area contributed by atoms with Gasteiger partial charge >= 0.3 is 12.0 Å². The van der Waals surface area contributed by atoms with E-state index in [-0.39, 0.29) is 19.6 Å². The highest BCUT2D eigenvalue weighted by atomic mass is 16.4. The van der Waals surface area contributed by atoms with Crippen molar-refractivity contribution in [3.05, 3.63) is 0 Å². The van der Waals surface area contributed by atoms with E-state index >= 15 is 0 Å². The van der Waals surface area contributed by atoms with Crippen molar-refractivity contribution in [3.8, 4) is 12.3 Å². The first-order valence-electron chi connectivity index (χ1n) is 4.43. The molecule has 0 aliphatic carbocycles. The minimum Gasteiger partial charge on any atom is -0.480 e. The second kappa shape index (κ2) is 7.64. The number of rotatable bonds is 6. The van der Waals surface area contributed by atoms with E-state index < -0.39 is 18.0 Å². The van der Waals surface area contributed by atoms with E-state index in [1.165, 1.54) is 0 Å². The Bertz CT molecular complexity index is 259. The lowest BCUT2D eigenvalue weighted by Gasteiger charge is -2.13. The molecule has 0 aliphatic rings. The molecule has 84 valence electrons. The smallest absolute Gasteiger partial charge is 0.326 e. The number of carbonyl (C=O) groups is 2. The average Bonchev–Trinajstić information content (AvgIpc) is 2.17. The Morgan fingerprint density at radius 1 is 1.47 bits per heavy atom. The van der Waals surface area contributed by atoms with E-state index in [0.29, 0.717) is 6.42 Å². The van der Waals surface area contributed by atoms with Crippen LogP contribution in [0.2, 0.25) is 0 Å². The zero-order valence-corrected chi connectivity index (χ0v) is 8.19. The normalized spacial score (nSPS) is 11.2. The third-order valence-electron chi connectivity index (χ3n) is 1.58. The zero-order valence-electron chi connectivity index (χ0n) is 8.19. The predicted octanol–water partition coefficient (Wildman–Crippen LogP) is -0.855. The molecule has 0 bridgehead atoms. The number of aliphatic carboxylic acids is 1. The number of nitrogens with one attached hydrogen (secondary N) is 2. The van der Waals surface area contributed by atoms with Crippen LogP contribution < -0.4 is 10.6 Å². The summed E-state index contributed by atoms with van der Waals surface area (Å²) in [5.74, 6) is 1.14. The number of terminal acetylenes is 1. The standard InChI is InChI=1S/C9H14N2O4/c1-2-3-5-10-9(15)11-7(4-6-12)8(13)14/h1,7,12H,3-6H2,(H,13,14)(H2,10,11,15). The maximum atomic E-state index is 11.1. The van der Waals surface area contributed by atoms with Crippen LogP contribution in [0, 0.1) is 12.3 Å². The third kappa shape index (κ3) is 6.35. The van der Waals surface area contributed by atoms with E-state index in [4.69, 9.17) is 16.6 Å². The van der Waals surface area contributed by atoms with Crippen molar-refractivity contribution < 1.29 is 19.8 Å². The molecular weight excluding hydrogens is 200 g/mol. The molecule has 0 rings (SSSR count). The highest BCUT2D eigenvalue weighted by Gasteiger charge is 2.18. The first-order valence-corrected chi connectivity index (χ1v) is 4.43. The molecule has 0 aromatic carbocycles. The van der Waals surface area contributed by atoms with Crippen molar-refractivity contribution >= 4 is 12.0 Å². The number of aliphatic hydroxyl groups is 1. The number of aliphatic hydroxyl groups excluding tert-OH is 1. The Balaban J connectivity index is 3.90. The van der Waals surface area contributed by atoms with Gasteiger partial charge in [-0.25, -0.2) is 9.59 Å². The second-order valence-corrected chi connectivity index (χ2v) is 2.76. The van der Waals surface area contributed by atoms with E-state index in [1.54, 1.807) is 0 Å². The number of hydrogen-bond acceptors (Lipinski definition) is 3. The molecule has 0 aliphatic heterocycles. The van der Waals surface area contributed by atoms with Crippen LogP contribution >= 0.6 is 0 Å². The van der Waals surface area contributed by atoms with Gasteiger partial charge in [-0.2, -0.15) is 0 Å². The molecule has 15 heavy (non-hydrogen) atoms. The van der Waals surface area contributed by atoms with Crippen LogP contribution in [0.5, 0.6) is 0 Å². The minimum absolute atomic E-state index is 0.0299. The van der Waals surface area contributed by atoms with Crippen LogP contribution in [0.25, 0.3) is 0 Å². The summed E-state index contributed by atoms with van der Waals surface area (Å²) in [6.07, 6.45) is 5.31. The summed E-state index contributed by atoms with van der Waals surface area (Å²) in [5, 5.41) is 21.8. The van der Waals surface area contributed by atoms with E-state index in [0.717, 1.165) is 0 Å². The van der Waals surface area contributed by atoms with Crippen LogP contribution in [0.3, 0.4) is 0 Å². The van der Waals surface area contributed by atoms with E-state index in [9.17, 15) is 9.59 Å². The van der Waals surface area contributed by atoms with Crippen molar-refractivity contribution in [2.24, 2.45) is 0 Å². The van der Waals surface area contributed by atoms with Gasteiger partial charge in [0.1, 0.15) is 6.04 Å². The molecule has 0 spiro atoms. The molecule has 0 fully saturated rings. The van der Waals surface area contributed by atoms with Gasteiger partial charge in [-0.3, -0.25) is 0 Å². The number of urea groups is 1. The van der Waals surface area contributed by atoms with Crippen LogP contribution in [-0.2, 0) is 4.79 Å². The lowest BCUT2D eigenvalue weighted by molar-refractivity contribution is -0.139. The number of amides is 2. The van der Waals surface area contributed by atoms with Crippen molar-refractivity contribution in [1.82, 2.24) is 10.6 Å². The Morgan fingerprint density at radius 2 is 2.13 bits per heavy atom. The molecule has 0 saturated heterocycles.